The van der Waals surface area contributed by atoms with Crippen LogP contribution >= 0.6 is 0 Å². The number of aromatic nitrogens is 2. The summed E-state index contributed by atoms with van der Waals surface area (Å²) in [5, 5.41) is 0. The van der Waals surface area contributed by atoms with Crippen LogP contribution in [0.2, 0.25) is 0 Å². The minimum atomic E-state index is 0.632. The van der Waals surface area contributed by atoms with Crippen molar-refractivity contribution in [3.63, 3.8) is 0 Å². The number of anilines is 1. The highest BCUT2D eigenvalue weighted by Gasteiger charge is 2.05. The molecule has 0 aliphatic carbocycles. The van der Waals surface area contributed by atoms with Crippen LogP contribution in [0.5, 0.6) is 0 Å². The van der Waals surface area contributed by atoms with Crippen molar-refractivity contribution < 1.29 is 0 Å². The van der Waals surface area contributed by atoms with Crippen molar-refractivity contribution in [3.8, 4) is 11.1 Å². The predicted octanol–water partition coefficient (Wildman–Crippen LogP) is 2.24. The maximum Gasteiger partial charge on any atom is 0.115 e. The first-order valence-electron chi connectivity index (χ1n) is 5.97. The summed E-state index contributed by atoms with van der Waals surface area (Å²) in [5.41, 5.74) is 15.6. The number of hydrogen-bond acceptors (Lipinski definition) is 5. The van der Waals surface area contributed by atoms with E-state index >= 15 is 0 Å². The number of benzene rings is 1. The van der Waals surface area contributed by atoms with Gasteiger partial charge in [0.05, 0.1) is 0 Å². The van der Waals surface area contributed by atoms with E-state index in [2.05, 4.69) is 21.5 Å². The highest BCUT2D eigenvalue weighted by Crippen LogP contribution is 2.25. The van der Waals surface area contributed by atoms with E-state index in [0.717, 1.165) is 22.3 Å². The Morgan fingerprint density at radius 3 is 2.55 bits per heavy atom. The van der Waals surface area contributed by atoms with Crippen LogP contribution in [0.25, 0.3) is 16.7 Å². The lowest BCUT2D eigenvalue weighted by molar-refractivity contribution is 1.17. The van der Waals surface area contributed by atoms with Gasteiger partial charge in [-0.05, 0) is 29.3 Å². The largest absolute Gasteiger partial charge is 0.404 e. The topological polar surface area (TPSA) is 90.2 Å². The van der Waals surface area contributed by atoms with Crippen molar-refractivity contribution in [2.45, 2.75) is 0 Å². The van der Waals surface area contributed by atoms with Gasteiger partial charge in [-0.2, -0.15) is 0 Å². The number of rotatable bonds is 4. The molecule has 0 unspecified atom stereocenters. The summed E-state index contributed by atoms with van der Waals surface area (Å²) < 4.78 is 0. The number of aliphatic imine (C=N–C) groups is 1. The molecular formula is C15H15N5. The lowest BCUT2D eigenvalue weighted by Crippen LogP contribution is -1.95. The van der Waals surface area contributed by atoms with E-state index in [0.29, 0.717) is 5.69 Å². The molecule has 5 heteroatoms. The third-order valence-electron chi connectivity index (χ3n) is 2.68. The molecule has 2 aromatic rings. The van der Waals surface area contributed by atoms with Crippen LogP contribution < -0.4 is 11.5 Å². The molecule has 4 N–H and O–H groups in total. The molecule has 1 aromatic heterocycles. The Bertz CT molecular complexity index is 659. The molecule has 0 spiro atoms. The van der Waals surface area contributed by atoms with Gasteiger partial charge >= 0.3 is 0 Å². The Balaban J connectivity index is 2.49. The average Bonchev–Trinajstić information content (AvgIpc) is 2.48. The molecule has 1 aromatic carbocycles. The molecule has 100 valence electrons. The molecular weight excluding hydrogens is 250 g/mol. The Kier molecular flexibility index (Phi) is 4.24. The second-order valence-electron chi connectivity index (χ2n) is 4.05. The zero-order valence-corrected chi connectivity index (χ0v) is 10.9. The molecule has 1 heterocycles. The van der Waals surface area contributed by atoms with Crippen molar-refractivity contribution in [1.82, 2.24) is 9.97 Å². The van der Waals surface area contributed by atoms with Gasteiger partial charge in [0.1, 0.15) is 6.33 Å². The molecule has 0 bridgehead atoms. The van der Waals surface area contributed by atoms with E-state index in [9.17, 15) is 0 Å². The summed E-state index contributed by atoms with van der Waals surface area (Å²) in [6, 6.07) is 5.66. The van der Waals surface area contributed by atoms with Crippen molar-refractivity contribution in [1.29, 1.82) is 0 Å². The highest BCUT2D eigenvalue weighted by molar-refractivity contribution is 6.10. The molecule has 5 nitrogen and oxygen atoms in total. The van der Waals surface area contributed by atoms with Gasteiger partial charge in [0.25, 0.3) is 0 Å². The van der Waals surface area contributed by atoms with Crippen molar-refractivity contribution in [2.24, 2.45) is 10.7 Å². The van der Waals surface area contributed by atoms with Crippen molar-refractivity contribution >= 4 is 17.5 Å². The highest BCUT2D eigenvalue weighted by atomic mass is 14.8. The summed E-state index contributed by atoms with van der Waals surface area (Å²) in [6.45, 7) is 3.54. The number of hydrogen-bond donors (Lipinski definition) is 2. The normalized spacial score (nSPS) is 11.7. The van der Waals surface area contributed by atoms with Crippen molar-refractivity contribution in [2.75, 3.05) is 5.73 Å². The summed E-state index contributed by atoms with van der Waals surface area (Å²) in [5.74, 6) is 0. The average molecular weight is 265 g/mol. The second kappa shape index (κ2) is 6.29. The van der Waals surface area contributed by atoms with Crippen LogP contribution in [0.4, 0.5) is 5.69 Å². The SMILES string of the molecule is C=CN=C/C(=C\N)c1cc(N)cc(-c2cncnc2)c1. The lowest BCUT2D eigenvalue weighted by atomic mass is 10.0. The minimum absolute atomic E-state index is 0.632. The zero-order chi connectivity index (χ0) is 14.4. The fourth-order valence-electron chi connectivity index (χ4n) is 1.78. The molecule has 0 fully saturated rings. The standard InChI is InChI=1S/C15H15N5/c1-2-18-7-13(6-16)11-3-12(5-15(17)4-11)14-8-19-10-20-9-14/h2-10H,1,16-17H2/b13-6+,18-7?. The Labute approximate surface area is 117 Å². The van der Waals surface area contributed by atoms with Crippen molar-refractivity contribution in [3.05, 3.63) is 61.5 Å². The molecule has 2 rings (SSSR count). The van der Waals surface area contributed by atoms with E-state index in [-0.39, 0.29) is 0 Å². The van der Waals surface area contributed by atoms with Gasteiger partial charge in [-0.15, -0.1) is 0 Å². The third-order valence-corrected chi connectivity index (χ3v) is 2.68. The smallest absolute Gasteiger partial charge is 0.115 e. The summed E-state index contributed by atoms with van der Waals surface area (Å²) >= 11 is 0. The number of allylic oxidation sites excluding steroid dienone is 1. The maximum atomic E-state index is 5.94. The monoisotopic (exact) mass is 265 g/mol. The molecule has 0 aliphatic heterocycles. The Morgan fingerprint density at radius 2 is 1.90 bits per heavy atom. The fourth-order valence-corrected chi connectivity index (χ4v) is 1.78. The van der Waals surface area contributed by atoms with Gasteiger partial charge in [-0.25, -0.2) is 9.97 Å². The first kappa shape index (κ1) is 13.5. The predicted molar refractivity (Wildman–Crippen MR) is 82.7 cm³/mol. The number of nitrogens with zero attached hydrogens (tertiary/aromatic N) is 3. The molecule has 0 amide bonds. The fraction of sp³-hybridized carbons (Fsp3) is 0. The molecule has 0 saturated heterocycles. The molecule has 0 saturated carbocycles. The van der Waals surface area contributed by atoms with Crippen LogP contribution in [0.1, 0.15) is 5.56 Å². The first-order valence-corrected chi connectivity index (χ1v) is 5.97. The quantitative estimate of drug-likeness (QED) is 0.655. The van der Waals surface area contributed by atoms with Gasteiger partial charge in [0, 0.05) is 47.8 Å². The lowest BCUT2D eigenvalue weighted by Gasteiger charge is -2.07. The van der Waals surface area contributed by atoms with E-state index in [1.54, 1.807) is 18.6 Å². The number of nitrogens with two attached hydrogens (primary N) is 2. The number of nitrogen functional groups attached to an aromatic ring is 1. The van der Waals surface area contributed by atoms with Gasteiger partial charge in [0.2, 0.25) is 0 Å². The van der Waals surface area contributed by atoms with Crippen LogP contribution in [0.15, 0.2) is 60.9 Å². The van der Waals surface area contributed by atoms with E-state index in [1.807, 2.05) is 18.2 Å². The summed E-state index contributed by atoms with van der Waals surface area (Å²) in [7, 11) is 0. The van der Waals surface area contributed by atoms with Gasteiger partial charge in [0.15, 0.2) is 0 Å². The minimum Gasteiger partial charge on any atom is -0.404 e. The molecule has 0 aliphatic rings. The zero-order valence-electron chi connectivity index (χ0n) is 10.9. The molecule has 0 atom stereocenters. The van der Waals surface area contributed by atoms with Crippen LogP contribution in [-0.4, -0.2) is 16.2 Å². The van der Waals surface area contributed by atoms with Crippen LogP contribution in [0.3, 0.4) is 0 Å². The molecule has 0 radical (unpaired) electrons. The van der Waals surface area contributed by atoms with E-state index in [1.165, 1.54) is 18.7 Å². The summed E-state index contributed by atoms with van der Waals surface area (Å²) in [4.78, 5) is 12.0. The Hall–Kier alpha value is -2.95. The second-order valence-corrected chi connectivity index (χ2v) is 4.05. The maximum absolute atomic E-state index is 5.94. The first-order chi connectivity index (χ1) is 9.74. The van der Waals surface area contributed by atoms with E-state index in [4.69, 9.17) is 11.5 Å². The Morgan fingerprint density at radius 1 is 1.15 bits per heavy atom. The summed E-state index contributed by atoms with van der Waals surface area (Å²) in [6.07, 6.45) is 9.50. The third kappa shape index (κ3) is 3.08. The van der Waals surface area contributed by atoms with Gasteiger partial charge < -0.3 is 11.5 Å². The van der Waals surface area contributed by atoms with Gasteiger partial charge in [-0.3, -0.25) is 4.99 Å². The van der Waals surface area contributed by atoms with Gasteiger partial charge in [-0.1, -0.05) is 6.58 Å². The molecule has 20 heavy (non-hydrogen) atoms. The van der Waals surface area contributed by atoms with Crippen LogP contribution in [0, 0.1) is 0 Å². The van der Waals surface area contributed by atoms with E-state index < -0.39 is 0 Å². The van der Waals surface area contributed by atoms with Crippen LogP contribution in [-0.2, 0) is 0 Å².